The zero-order valence-electron chi connectivity index (χ0n) is 30.5. The van der Waals surface area contributed by atoms with Gasteiger partial charge in [-0.3, -0.25) is 9.59 Å². The maximum atomic E-state index is 12.7. The highest BCUT2D eigenvalue weighted by Gasteiger charge is 2.11. The van der Waals surface area contributed by atoms with Crippen LogP contribution in [0.4, 0.5) is 17.6 Å². The third-order valence-corrected chi connectivity index (χ3v) is 6.40. The number of aldehydes is 1. The highest BCUT2D eigenvalue weighted by molar-refractivity contribution is 5.92. The number of carbonyl (C=O) groups excluding carboxylic acids is 2. The molecule has 2 atom stereocenters. The number of aliphatic hydroxyl groups excluding tert-OH is 2. The Morgan fingerprint density at radius 2 is 1.11 bits per heavy atom. The third kappa shape index (κ3) is 20.1. The van der Waals surface area contributed by atoms with Crippen molar-refractivity contribution in [2.45, 2.75) is 33.0 Å². The number of nitrogens with two attached hydrogens (primary N) is 1. The normalized spacial score (nSPS) is 10.6. The van der Waals surface area contributed by atoms with Gasteiger partial charge in [0.25, 0.3) is 0 Å². The minimum absolute atomic E-state index is 0. The molecule has 0 bridgehead atoms. The van der Waals surface area contributed by atoms with Gasteiger partial charge >= 0.3 is 0 Å². The Hall–Kier alpha value is -6.48. The maximum Gasteiger partial charge on any atom is 0.202 e. The van der Waals surface area contributed by atoms with E-state index in [9.17, 15) is 32.3 Å². The fraction of sp³-hybridized carbons (Fsp3) is 0.125. The maximum absolute atomic E-state index is 12.7. The minimum Gasteiger partial charge on any atom is -0.411 e. The van der Waals surface area contributed by atoms with Crippen LogP contribution >= 0.6 is 12.4 Å². The number of halogens is 5. The number of rotatable bonds is 6. The number of nitrogens with zero attached hydrogens (tertiary/aromatic N) is 3. The summed E-state index contributed by atoms with van der Waals surface area (Å²) in [7, 11) is 0. The van der Waals surface area contributed by atoms with Crippen LogP contribution in [0.15, 0.2) is 123 Å². The van der Waals surface area contributed by atoms with Gasteiger partial charge in [0.15, 0.2) is 11.5 Å². The van der Waals surface area contributed by atoms with Crippen molar-refractivity contribution in [1.82, 2.24) is 10.3 Å². The summed E-state index contributed by atoms with van der Waals surface area (Å²) in [6.45, 7) is 4.53. The summed E-state index contributed by atoms with van der Waals surface area (Å²) in [5.74, 6) is 4.78. The van der Waals surface area contributed by atoms with E-state index in [0.717, 1.165) is 5.56 Å². The van der Waals surface area contributed by atoms with E-state index in [1.807, 2.05) is 0 Å². The van der Waals surface area contributed by atoms with Gasteiger partial charge < -0.3 is 29.7 Å². The van der Waals surface area contributed by atoms with Gasteiger partial charge in [0.2, 0.25) is 5.76 Å². The summed E-state index contributed by atoms with van der Waals surface area (Å²) in [4.78, 5) is 20.9. The van der Waals surface area contributed by atoms with Crippen LogP contribution < -0.4 is 5.90 Å². The lowest BCUT2D eigenvalue weighted by Crippen LogP contribution is -1.90. The first-order valence-electron chi connectivity index (χ1n) is 15.9. The molecule has 0 aliphatic heterocycles. The second-order valence-electron chi connectivity index (χ2n) is 10.7. The van der Waals surface area contributed by atoms with Gasteiger partial charge in [-0.25, -0.2) is 23.5 Å². The smallest absolute Gasteiger partial charge is 0.202 e. The number of terminal acetylenes is 1. The molecule has 6 N–H and O–H groups in total. The Kier molecular flexibility index (Phi) is 24.8. The van der Waals surface area contributed by atoms with Gasteiger partial charge in [0.1, 0.15) is 53.2 Å². The Morgan fingerprint density at radius 3 is 1.42 bits per heavy atom. The zero-order valence-corrected chi connectivity index (χ0v) is 31.4. The predicted octanol–water partition coefficient (Wildman–Crippen LogP) is 8.25. The van der Waals surface area contributed by atoms with Crippen LogP contribution in [0.3, 0.4) is 0 Å². The monoisotopic (exact) mass is 814 g/mol. The Morgan fingerprint density at radius 1 is 0.737 bits per heavy atom. The van der Waals surface area contributed by atoms with Crippen LogP contribution in [0.2, 0.25) is 0 Å². The van der Waals surface area contributed by atoms with E-state index in [1.165, 1.54) is 92.0 Å². The summed E-state index contributed by atoms with van der Waals surface area (Å²) >= 11 is 0. The van der Waals surface area contributed by atoms with E-state index in [1.54, 1.807) is 44.2 Å². The molecule has 0 aliphatic rings. The second-order valence-corrected chi connectivity index (χ2v) is 10.7. The van der Waals surface area contributed by atoms with Gasteiger partial charge in [0, 0.05) is 35.7 Å². The average molecular weight is 815 g/mol. The van der Waals surface area contributed by atoms with Crippen LogP contribution in [0.25, 0.3) is 22.5 Å². The fourth-order valence-corrected chi connectivity index (χ4v) is 3.60. The molecule has 2 unspecified atom stereocenters. The molecule has 0 aliphatic carbocycles. The van der Waals surface area contributed by atoms with Gasteiger partial charge in [-0.1, -0.05) is 33.5 Å². The van der Waals surface area contributed by atoms with E-state index in [0.29, 0.717) is 40.1 Å². The van der Waals surface area contributed by atoms with Crippen molar-refractivity contribution in [3.05, 3.63) is 155 Å². The summed E-state index contributed by atoms with van der Waals surface area (Å²) in [5.41, 5.74) is 3.76. The Bertz CT molecular complexity index is 2080. The molecule has 6 aromatic rings. The molecule has 0 spiro atoms. The number of oxime groups is 1. The summed E-state index contributed by atoms with van der Waals surface area (Å²) < 4.78 is 59.4. The molecular weight excluding hydrogens is 776 g/mol. The molecule has 17 heteroatoms. The summed E-state index contributed by atoms with van der Waals surface area (Å²) in [5, 5.41) is 42.2. The first-order chi connectivity index (χ1) is 26.8. The number of benzene rings is 4. The number of hydrogen-bond donors (Lipinski definition) is 5. The topological polar surface area (TPSA) is 206 Å². The highest BCUT2D eigenvalue weighted by Crippen LogP contribution is 2.22. The zero-order chi connectivity index (χ0) is 42.0. The lowest BCUT2D eigenvalue weighted by Gasteiger charge is -1.94. The van der Waals surface area contributed by atoms with Crippen LogP contribution in [-0.4, -0.2) is 55.3 Å². The van der Waals surface area contributed by atoms with Gasteiger partial charge in [-0.05, 0) is 104 Å². The molecule has 12 nitrogen and oxygen atoms in total. The summed E-state index contributed by atoms with van der Waals surface area (Å²) in [6.07, 6.45) is 5.31. The standard InChI is InChI=1S/C11H10FNO2.C11H8FNO2.C7H6FNO.C7H5FO.C4H6O.ClH.H3NO/c2*1-7(14)11-6-10(13-15-11)8-2-4-9(12)5-3-8;8-7-3-1-6(2-4-7)5-9-10;8-7-3-1-6(5-9)2-4-7;1-3-4(2)5;;1-2/h2-7,14H,1H3;2-6H,1H3;1-5,10H;1-5H;1,4-5H,2H3;1H;2H,1H2/b;;9-5+;;;;. The number of Topliss-reactive ketones (excluding diaryl/α,β-unsaturated/α-hetero) is 1. The van der Waals surface area contributed by atoms with E-state index in [2.05, 4.69) is 33.7 Å². The first kappa shape index (κ1) is 50.5. The van der Waals surface area contributed by atoms with E-state index in [-0.39, 0.29) is 47.2 Å². The Balaban J connectivity index is 0.000000704. The van der Waals surface area contributed by atoms with Crippen molar-refractivity contribution in [3.8, 4) is 34.9 Å². The van der Waals surface area contributed by atoms with Gasteiger partial charge in [-0.15, -0.1) is 18.8 Å². The lowest BCUT2D eigenvalue weighted by atomic mass is 10.1. The molecule has 57 heavy (non-hydrogen) atoms. The molecule has 0 amide bonds. The quantitative estimate of drug-likeness (QED) is 0.0206. The molecule has 6 rings (SSSR count). The molecule has 0 saturated carbocycles. The first-order valence-corrected chi connectivity index (χ1v) is 15.9. The largest absolute Gasteiger partial charge is 0.411 e. The van der Waals surface area contributed by atoms with Crippen molar-refractivity contribution in [2.75, 3.05) is 0 Å². The number of ketones is 1. The molecular formula is C40H39ClF4N4O8. The van der Waals surface area contributed by atoms with E-state index in [4.69, 9.17) is 24.6 Å². The molecule has 2 heterocycles. The number of carbonyl (C=O) groups is 2. The van der Waals surface area contributed by atoms with Crippen molar-refractivity contribution < 1.29 is 56.8 Å². The molecule has 302 valence electrons. The number of aromatic nitrogens is 2. The van der Waals surface area contributed by atoms with Crippen LogP contribution in [-0.2, 0) is 0 Å². The SMILES string of the molecule is C#CC(C)O.CC(=O)c1cc(-c2ccc(F)cc2)no1.CC(O)c1cc(-c2ccc(F)cc2)no1.Cl.NO.O/N=C/c1ccc(F)cc1.O=Cc1ccc(F)cc1. The van der Waals surface area contributed by atoms with Crippen molar-refractivity contribution in [3.63, 3.8) is 0 Å². The van der Waals surface area contributed by atoms with Gasteiger partial charge in [-0.2, -0.15) is 0 Å². The van der Waals surface area contributed by atoms with Crippen molar-refractivity contribution in [2.24, 2.45) is 11.1 Å². The molecule has 4 aromatic carbocycles. The second kappa shape index (κ2) is 28.0. The molecule has 0 saturated heterocycles. The molecule has 2 aromatic heterocycles. The number of hydrogen-bond acceptors (Lipinski definition) is 12. The van der Waals surface area contributed by atoms with Crippen molar-refractivity contribution >= 4 is 30.7 Å². The minimum atomic E-state index is -0.688. The van der Waals surface area contributed by atoms with E-state index >= 15 is 0 Å². The van der Waals surface area contributed by atoms with Crippen LogP contribution in [0.5, 0.6) is 0 Å². The third-order valence-electron chi connectivity index (χ3n) is 6.40. The van der Waals surface area contributed by atoms with E-state index < -0.39 is 12.2 Å². The molecule has 0 fully saturated rings. The van der Waals surface area contributed by atoms with Crippen molar-refractivity contribution in [1.29, 1.82) is 0 Å². The van der Waals surface area contributed by atoms with Gasteiger partial charge in [0.05, 0.1) is 6.21 Å². The average Bonchev–Trinajstić information content (AvgIpc) is 3.91. The lowest BCUT2D eigenvalue weighted by molar-refractivity contribution is 0.0978. The van der Waals surface area contributed by atoms with Crippen LogP contribution in [0.1, 0.15) is 59.1 Å². The fourth-order valence-electron chi connectivity index (χ4n) is 3.60. The number of aliphatic hydroxyl groups is 2. The van der Waals surface area contributed by atoms with Crippen LogP contribution in [0, 0.1) is 35.6 Å². The predicted molar refractivity (Wildman–Crippen MR) is 206 cm³/mol. The molecule has 0 radical (unpaired) electrons. The summed E-state index contributed by atoms with van der Waals surface area (Å²) in [6, 6.07) is 25.9. The Labute approximate surface area is 331 Å². The highest BCUT2D eigenvalue weighted by atomic mass is 35.5.